The highest BCUT2D eigenvalue weighted by atomic mass is 16.3. The Morgan fingerprint density at radius 3 is 2.00 bits per heavy atom. The van der Waals surface area contributed by atoms with Gasteiger partial charge in [0, 0.05) is 0 Å². The van der Waals surface area contributed by atoms with Crippen LogP contribution in [0.4, 0.5) is 0 Å². The van der Waals surface area contributed by atoms with Gasteiger partial charge in [-0.05, 0) is 44.4 Å². The third kappa shape index (κ3) is 2.97. The van der Waals surface area contributed by atoms with E-state index in [-0.39, 0.29) is 0 Å². The van der Waals surface area contributed by atoms with Gasteiger partial charge in [-0.3, -0.25) is 0 Å². The standard InChI is InChI=1S/C17H29NO/c1-2-15-8-12-17(19,13-9-15)16(14-18)10-6-4-3-5-7-11-16/h15,19H,2-13H2,1H3. The van der Waals surface area contributed by atoms with E-state index in [9.17, 15) is 10.4 Å². The summed E-state index contributed by atoms with van der Waals surface area (Å²) in [4.78, 5) is 0. The fraction of sp³-hybridized carbons (Fsp3) is 0.941. The SMILES string of the molecule is CCC1CCC(O)(C2(C#N)CCCCCCC2)CC1. The molecule has 2 saturated carbocycles. The molecule has 0 radical (unpaired) electrons. The van der Waals surface area contributed by atoms with E-state index < -0.39 is 11.0 Å². The Kier molecular flexibility index (Phi) is 4.90. The van der Waals surface area contributed by atoms with Gasteiger partial charge in [0.1, 0.15) is 0 Å². The van der Waals surface area contributed by atoms with E-state index in [2.05, 4.69) is 13.0 Å². The molecule has 2 aliphatic rings. The predicted molar refractivity (Wildman–Crippen MR) is 77.6 cm³/mol. The summed E-state index contributed by atoms with van der Waals surface area (Å²) < 4.78 is 0. The Hall–Kier alpha value is -0.550. The summed E-state index contributed by atoms with van der Waals surface area (Å²) in [6.45, 7) is 2.24. The fourth-order valence-corrected chi connectivity index (χ4v) is 4.23. The van der Waals surface area contributed by atoms with Crippen LogP contribution in [0, 0.1) is 22.7 Å². The fourth-order valence-electron chi connectivity index (χ4n) is 4.23. The van der Waals surface area contributed by atoms with E-state index in [0.717, 1.165) is 57.3 Å². The largest absolute Gasteiger partial charge is 0.388 e. The van der Waals surface area contributed by atoms with E-state index in [0.29, 0.717) is 0 Å². The molecule has 0 aromatic heterocycles. The highest BCUT2D eigenvalue weighted by Crippen LogP contribution is 2.50. The van der Waals surface area contributed by atoms with Gasteiger partial charge in [-0.1, -0.05) is 45.4 Å². The van der Waals surface area contributed by atoms with E-state index in [4.69, 9.17) is 0 Å². The number of nitriles is 1. The zero-order chi connectivity index (χ0) is 13.8. The zero-order valence-corrected chi connectivity index (χ0v) is 12.5. The lowest BCUT2D eigenvalue weighted by molar-refractivity contribution is -0.101. The summed E-state index contributed by atoms with van der Waals surface area (Å²) in [6, 6.07) is 2.58. The summed E-state index contributed by atoms with van der Waals surface area (Å²) in [5, 5.41) is 20.9. The van der Waals surface area contributed by atoms with Crippen molar-refractivity contribution in [3.8, 4) is 6.07 Å². The predicted octanol–water partition coefficient (Wildman–Crippen LogP) is 4.57. The van der Waals surface area contributed by atoms with Crippen molar-refractivity contribution in [2.45, 2.75) is 89.6 Å². The lowest BCUT2D eigenvalue weighted by atomic mass is 9.59. The van der Waals surface area contributed by atoms with E-state index >= 15 is 0 Å². The van der Waals surface area contributed by atoms with Gasteiger partial charge >= 0.3 is 0 Å². The molecule has 19 heavy (non-hydrogen) atoms. The molecule has 1 N–H and O–H groups in total. The first kappa shape index (κ1) is 14.9. The lowest BCUT2D eigenvalue weighted by Crippen LogP contribution is -2.50. The van der Waals surface area contributed by atoms with Gasteiger partial charge in [0.05, 0.1) is 17.1 Å². The minimum atomic E-state index is -0.704. The van der Waals surface area contributed by atoms with Crippen LogP contribution in [0.5, 0.6) is 0 Å². The van der Waals surface area contributed by atoms with Crippen molar-refractivity contribution in [3.05, 3.63) is 0 Å². The number of hydrogen-bond donors (Lipinski definition) is 1. The number of hydrogen-bond acceptors (Lipinski definition) is 2. The van der Waals surface area contributed by atoms with Crippen LogP contribution in [0.15, 0.2) is 0 Å². The number of aliphatic hydroxyl groups is 1. The minimum Gasteiger partial charge on any atom is -0.388 e. The summed E-state index contributed by atoms with van der Waals surface area (Å²) in [7, 11) is 0. The van der Waals surface area contributed by atoms with Crippen LogP contribution in [-0.4, -0.2) is 10.7 Å². The molecular weight excluding hydrogens is 234 g/mol. The first-order valence-corrected chi connectivity index (χ1v) is 8.29. The van der Waals surface area contributed by atoms with Crippen LogP contribution < -0.4 is 0 Å². The second kappa shape index (κ2) is 6.27. The monoisotopic (exact) mass is 263 g/mol. The van der Waals surface area contributed by atoms with E-state index in [1.807, 2.05) is 0 Å². The van der Waals surface area contributed by atoms with Crippen molar-refractivity contribution in [3.63, 3.8) is 0 Å². The molecular formula is C17H29NO. The maximum atomic E-state index is 11.2. The second-order valence-electron chi connectivity index (χ2n) is 6.84. The van der Waals surface area contributed by atoms with Crippen molar-refractivity contribution in [1.29, 1.82) is 5.26 Å². The molecule has 2 aliphatic carbocycles. The van der Waals surface area contributed by atoms with Gasteiger partial charge in [0.15, 0.2) is 0 Å². The Bertz CT molecular complexity index is 315. The molecule has 0 heterocycles. The molecule has 0 bridgehead atoms. The minimum absolute atomic E-state index is 0.452. The van der Waals surface area contributed by atoms with Crippen molar-refractivity contribution in [1.82, 2.24) is 0 Å². The van der Waals surface area contributed by atoms with Crippen molar-refractivity contribution >= 4 is 0 Å². The summed E-state index contributed by atoms with van der Waals surface area (Å²) in [6.07, 6.45) is 13.0. The maximum Gasteiger partial charge on any atom is 0.0860 e. The zero-order valence-electron chi connectivity index (χ0n) is 12.5. The van der Waals surface area contributed by atoms with Crippen LogP contribution in [0.3, 0.4) is 0 Å². The molecule has 0 spiro atoms. The van der Waals surface area contributed by atoms with Gasteiger partial charge in [-0.15, -0.1) is 0 Å². The molecule has 0 amide bonds. The Labute approximate surface area is 118 Å². The first-order valence-electron chi connectivity index (χ1n) is 8.29. The smallest absolute Gasteiger partial charge is 0.0860 e. The molecule has 2 nitrogen and oxygen atoms in total. The normalized spacial score (nSPS) is 35.9. The van der Waals surface area contributed by atoms with Gasteiger partial charge < -0.3 is 5.11 Å². The van der Waals surface area contributed by atoms with Crippen LogP contribution in [0.25, 0.3) is 0 Å². The summed E-state index contributed by atoms with van der Waals surface area (Å²) >= 11 is 0. The molecule has 0 aromatic carbocycles. The van der Waals surface area contributed by atoms with Crippen LogP contribution in [0.1, 0.15) is 84.0 Å². The van der Waals surface area contributed by atoms with Crippen molar-refractivity contribution < 1.29 is 5.11 Å². The van der Waals surface area contributed by atoms with Gasteiger partial charge in [0.2, 0.25) is 0 Å². The Morgan fingerprint density at radius 2 is 1.53 bits per heavy atom. The third-order valence-electron chi connectivity index (χ3n) is 5.82. The molecule has 0 saturated heterocycles. The second-order valence-corrected chi connectivity index (χ2v) is 6.84. The molecule has 0 aliphatic heterocycles. The van der Waals surface area contributed by atoms with Gasteiger partial charge in [-0.2, -0.15) is 5.26 Å². The topological polar surface area (TPSA) is 44.0 Å². The highest BCUT2D eigenvalue weighted by molar-refractivity contribution is 5.12. The number of nitrogens with zero attached hydrogens (tertiary/aromatic N) is 1. The highest BCUT2D eigenvalue weighted by Gasteiger charge is 2.51. The van der Waals surface area contributed by atoms with Crippen LogP contribution in [-0.2, 0) is 0 Å². The molecule has 0 atom stereocenters. The first-order chi connectivity index (χ1) is 9.16. The molecule has 108 valence electrons. The van der Waals surface area contributed by atoms with E-state index in [1.165, 1.54) is 25.7 Å². The average Bonchev–Trinajstić information content (AvgIpc) is 2.40. The molecule has 2 heteroatoms. The summed E-state index contributed by atoms with van der Waals surface area (Å²) in [5.74, 6) is 0.768. The van der Waals surface area contributed by atoms with Crippen LogP contribution >= 0.6 is 0 Å². The average molecular weight is 263 g/mol. The third-order valence-corrected chi connectivity index (χ3v) is 5.82. The maximum absolute atomic E-state index is 11.2. The molecule has 2 rings (SSSR count). The Balaban J connectivity index is 2.12. The van der Waals surface area contributed by atoms with Crippen LogP contribution in [0.2, 0.25) is 0 Å². The molecule has 0 unspecified atom stereocenters. The van der Waals surface area contributed by atoms with Crippen molar-refractivity contribution in [2.24, 2.45) is 11.3 Å². The number of rotatable bonds is 2. The van der Waals surface area contributed by atoms with Crippen molar-refractivity contribution in [2.75, 3.05) is 0 Å². The quantitative estimate of drug-likeness (QED) is 0.793. The molecule has 2 fully saturated rings. The molecule has 0 aromatic rings. The lowest BCUT2D eigenvalue weighted by Gasteiger charge is -2.47. The van der Waals surface area contributed by atoms with E-state index in [1.54, 1.807) is 0 Å². The van der Waals surface area contributed by atoms with Gasteiger partial charge in [0.25, 0.3) is 0 Å². The Morgan fingerprint density at radius 1 is 1.00 bits per heavy atom. The summed E-state index contributed by atoms with van der Waals surface area (Å²) in [5.41, 5.74) is -1.16. The van der Waals surface area contributed by atoms with Gasteiger partial charge in [-0.25, -0.2) is 0 Å².